The number of carbonyl (C=O) groups is 4. The van der Waals surface area contributed by atoms with E-state index in [0.717, 1.165) is 36.1 Å². The molecule has 1 fully saturated rings. The van der Waals surface area contributed by atoms with E-state index in [1.54, 1.807) is 31.2 Å². The van der Waals surface area contributed by atoms with Gasteiger partial charge >= 0.3 is 12.0 Å². The molecule has 292 valence electrons. The number of amides is 4. The van der Waals surface area contributed by atoms with Crippen LogP contribution in [0.25, 0.3) is 10.9 Å². The maximum absolute atomic E-state index is 14.7. The first-order valence-electron chi connectivity index (χ1n) is 19.2. The Morgan fingerprint density at radius 2 is 1.51 bits per heavy atom. The third-order valence-corrected chi connectivity index (χ3v) is 9.79. The van der Waals surface area contributed by atoms with E-state index >= 15 is 0 Å². The lowest BCUT2D eigenvalue weighted by atomic mass is 10.1. The fraction of sp³-hybridized carbons (Fsp3) is 0.429. The van der Waals surface area contributed by atoms with Crippen LogP contribution < -0.4 is 15.6 Å². The number of aromatic nitrogens is 2. The van der Waals surface area contributed by atoms with Crippen LogP contribution in [0, 0.1) is 0 Å². The Morgan fingerprint density at radius 3 is 2.16 bits per heavy atom. The lowest BCUT2D eigenvalue weighted by Crippen LogP contribution is -2.45. The number of imide groups is 1. The molecule has 0 aliphatic carbocycles. The summed E-state index contributed by atoms with van der Waals surface area (Å²) < 4.78 is 12.6. The van der Waals surface area contributed by atoms with Crippen molar-refractivity contribution in [2.24, 2.45) is 0 Å². The van der Waals surface area contributed by atoms with E-state index < -0.39 is 41.6 Å². The van der Waals surface area contributed by atoms with Gasteiger partial charge in [0.05, 0.1) is 35.8 Å². The standard InChI is InChI=1S/C42H51N5O8/c1-4-6-7-8-9-10-11-12-13-19-26-45-36(43-32-25-24-30(41(51)52)27-31(32)38(45)49)35(37(48)44-33-22-17-18-23-34(33)54-3)47-39(50)40(55-5-2)46(42(47)53)28-29-20-15-14-16-21-29/h14-18,20-25,27,35,40H,4-13,19,26,28H2,1-3H3,(H,44,48)(H,51,52). The molecule has 0 radical (unpaired) electrons. The molecule has 0 saturated carbocycles. The Hall–Kier alpha value is -5.56. The third kappa shape index (κ3) is 9.76. The predicted octanol–water partition coefficient (Wildman–Crippen LogP) is 7.53. The summed E-state index contributed by atoms with van der Waals surface area (Å²) in [5.74, 6) is -2.61. The van der Waals surface area contributed by atoms with Crippen molar-refractivity contribution in [2.75, 3.05) is 19.0 Å². The van der Waals surface area contributed by atoms with Crippen LogP contribution in [0.5, 0.6) is 5.75 Å². The average Bonchev–Trinajstić information content (AvgIpc) is 3.40. The van der Waals surface area contributed by atoms with Crippen LogP contribution in [0.1, 0.15) is 106 Å². The third-order valence-electron chi connectivity index (χ3n) is 9.79. The van der Waals surface area contributed by atoms with Crippen molar-refractivity contribution in [1.82, 2.24) is 19.4 Å². The van der Waals surface area contributed by atoms with E-state index in [2.05, 4.69) is 12.2 Å². The molecule has 4 amide bonds. The number of hydrogen-bond donors (Lipinski definition) is 2. The summed E-state index contributed by atoms with van der Waals surface area (Å²) in [6, 6.07) is 17.2. The highest BCUT2D eigenvalue weighted by atomic mass is 16.5. The first kappa shape index (κ1) is 40.6. The van der Waals surface area contributed by atoms with Gasteiger partial charge in [0.1, 0.15) is 11.6 Å². The molecule has 2 atom stereocenters. The number of methoxy groups -OCH3 is 1. The van der Waals surface area contributed by atoms with Crippen molar-refractivity contribution in [3.8, 4) is 5.75 Å². The predicted molar refractivity (Wildman–Crippen MR) is 209 cm³/mol. The molecule has 5 rings (SSSR count). The number of nitrogens with zero attached hydrogens (tertiary/aromatic N) is 4. The number of anilines is 1. The quantitative estimate of drug-likeness (QED) is 0.0648. The number of rotatable bonds is 21. The molecule has 3 aromatic carbocycles. The zero-order chi connectivity index (χ0) is 39.3. The Morgan fingerprint density at radius 1 is 0.855 bits per heavy atom. The van der Waals surface area contributed by atoms with Crippen molar-refractivity contribution in [2.45, 2.75) is 103 Å². The summed E-state index contributed by atoms with van der Waals surface area (Å²) in [5.41, 5.74) is 0.436. The van der Waals surface area contributed by atoms with Gasteiger partial charge in [-0.15, -0.1) is 0 Å². The van der Waals surface area contributed by atoms with Crippen LogP contribution >= 0.6 is 0 Å². The minimum absolute atomic E-state index is 0.0158. The number of carbonyl (C=O) groups excluding carboxylic acids is 3. The number of benzene rings is 3. The largest absolute Gasteiger partial charge is 0.495 e. The highest BCUT2D eigenvalue weighted by molar-refractivity contribution is 6.09. The number of ether oxygens (including phenoxy) is 2. The van der Waals surface area contributed by atoms with Crippen LogP contribution in [0.15, 0.2) is 77.6 Å². The highest BCUT2D eigenvalue weighted by Gasteiger charge is 2.52. The zero-order valence-corrected chi connectivity index (χ0v) is 31.9. The van der Waals surface area contributed by atoms with E-state index in [4.69, 9.17) is 14.5 Å². The minimum Gasteiger partial charge on any atom is -0.495 e. The summed E-state index contributed by atoms with van der Waals surface area (Å²) >= 11 is 0. The number of carboxylic acids is 1. The van der Waals surface area contributed by atoms with Crippen LogP contribution in [0.4, 0.5) is 10.5 Å². The van der Waals surface area contributed by atoms with E-state index in [-0.39, 0.29) is 47.7 Å². The van der Waals surface area contributed by atoms with Gasteiger partial charge in [-0.25, -0.2) is 19.5 Å². The first-order chi connectivity index (χ1) is 26.7. The van der Waals surface area contributed by atoms with E-state index in [0.29, 0.717) is 12.2 Å². The molecule has 2 heterocycles. The average molecular weight is 754 g/mol. The molecule has 4 aromatic rings. The van der Waals surface area contributed by atoms with Crippen LogP contribution in [0.3, 0.4) is 0 Å². The fourth-order valence-corrected chi connectivity index (χ4v) is 6.92. The smallest absolute Gasteiger partial charge is 0.335 e. The lowest BCUT2D eigenvalue weighted by molar-refractivity contribution is -0.145. The first-order valence-corrected chi connectivity index (χ1v) is 19.2. The Labute approximate surface area is 321 Å². The monoisotopic (exact) mass is 753 g/mol. The lowest BCUT2D eigenvalue weighted by Gasteiger charge is -2.27. The Bertz CT molecular complexity index is 2020. The van der Waals surface area contributed by atoms with Crippen molar-refractivity contribution in [1.29, 1.82) is 0 Å². The van der Waals surface area contributed by atoms with E-state index in [1.807, 2.05) is 30.3 Å². The Kier molecular flexibility index (Phi) is 14.5. The molecule has 1 aliphatic rings. The van der Waals surface area contributed by atoms with Crippen LogP contribution in [-0.4, -0.2) is 68.2 Å². The molecule has 2 N–H and O–H groups in total. The van der Waals surface area contributed by atoms with Gasteiger partial charge in [-0.3, -0.25) is 23.9 Å². The maximum atomic E-state index is 14.7. The number of urea groups is 1. The molecule has 13 heteroatoms. The van der Waals surface area contributed by atoms with Gasteiger partial charge in [-0.1, -0.05) is 107 Å². The molecule has 0 spiro atoms. The van der Waals surface area contributed by atoms with Gasteiger partial charge in [-0.2, -0.15) is 0 Å². The molecule has 0 bridgehead atoms. The second-order valence-electron chi connectivity index (χ2n) is 13.6. The van der Waals surface area contributed by atoms with Gasteiger partial charge in [0.2, 0.25) is 6.23 Å². The van der Waals surface area contributed by atoms with Gasteiger partial charge in [0.25, 0.3) is 17.4 Å². The second kappa shape index (κ2) is 19.7. The minimum atomic E-state index is -1.73. The number of unbranched alkanes of at least 4 members (excludes halogenated alkanes) is 9. The SMILES string of the molecule is CCCCCCCCCCCCn1c(C(C(=O)Nc2ccccc2OC)N2C(=O)C(OCC)N(Cc3ccccc3)C2=O)nc2ccc(C(=O)O)cc2c1=O. The second-order valence-corrected chi connectivity index (χ2v) is 13.6. The topological polar surface area (TPSA) is 160 Å². The summed E-state index contributed by atoms with van der Waals surface area (Å²) in [4.78, 5) is 76.7. The number of aromatic carboxylic acids is 1. The summed E-state index contributed by atoms with van der Waals surface area (Å²) in [7, 11) is 1.45. The highest BCUT2D eigenvalue weighted by Crippen LogP contribution is 2.33. The Balaban J connectivity index is 1.58. The van der Waals surface area contributed by atoms with Crippen LogP contribution in [-0.2, 0) is 27.4 Å². The van der Waals surface area contributed by atoms with Crippen molar-refractivity contribution >= 4 is 40.4 Å². The number of nitrogens with one attached hydrogen (secondary N) is 1. The molecule has 1 saturated heterocycles. The van der Waals surface area contributed by atoms with Crippen molar-refractivity contribution < 1.29 is 33.8 Å². The number of fused-ring (bicyclic) bond motifs is 1. The van der Waals surface area contributed by atoms with Crippen LogP contribution in [0.2, 0.25) is 0 Å². The van der Waals surface area contributed by atoms with Crippen molar-refractivity contribution in [3.63, 3.8) is 0 Å². The summed E-state index contributed by atoms with van der Waals surface area (Å²) in [6.07, 6.45) is 9.15. The van der Waals surface area contributed by atoms with E-state index in [1.165, 1.54) is 66.9 Å². The van der Waals surface area contributed by atoms with Gasteiger partial charge in [0.15, 0.2) is 6.04 Å². The number of para-hydroxylation sites is 2. The van der Waals surface area contributed by atoms with Gasteiger partial charge < -0.3 is 19.9 Å². The molecule has 13 nitrogen and oxygen atoms in total. The van der Waals surface area contributed by atoms with Gasteiger partial charge in [-0.05, 0) is 49.2 Å². The summed E-state index contributed by atoms with van der Waals surface area (Å²) in [5, 5.41) is 12.6. The molecule has 1 aromatic heterocycles. The van der Waals surface area contributed by atoms with Crippen molar-refractivity contribution in [3.05, 3.63) is 100 Å². The molecule has 2 unspecified atom stereocenters. The summed E-state index contributed by atoms with van der Waals surface area (Å²) in [6.45, 7) is 4.13. The fourth-order valence-electron chi connectivity index (χ4n) is 6.92. The molecule has 55 heavy (non-hydrogen) atoms. The normalized spacial score (nSPS) is 14.8. The van der Waals surface area contributed by atoms with E-state index in [9.17, 15) is 29.1 Å². The number of carboxylic acid groups (broad SMARTS) is 1. The zero-order valence-electron chi connectivity index (χ0n) is 31.9. The maximum Gasteiger partial charge on any atom is 0.335 e. The molecule has 1 aliphatic heterocycles. The van der Waals surface area contributed by atoms with Gasteiger partial charge in [0, 0.05) is 13.2 Å². The molecular formula is C42H51N5O8. The molecular weight excluding hydrogens is 702 g/mol. The number of hydrogen-bond acceptors (Lipinski definition) is 8.